The first-order valence-corrected chi connectivity index (χ1v) is 5.54. The number of fused-ring (bicyclic) bond motifs is 1. The van der Waals surface area contributed by atoms with E-state index in [1.807, 2.05) is 6.92 Å². The first-order chi connectivity index (χ1) is 7.32. The molecule has 0 aromatic carbocycles. The molecule has 86 valence electrons. The molecule has 1 aliphatic carbocycles. The monoisotopic (exact) mass is 219 g/mol. The molecule has 0 saturated heterocycles. The van der Waals surface area contributed by atoms with Crippen LogP contribution in [0.5, 0.6) is 0 Å². The molecular weight excluding hydrogens is 202 g/mol. The zero-order valence-corrected chi connectivity index (χ0v) is 10.3. The molecule has 1 aromatic heterocycles. The lowest BCUT2D eigenvalue weighted by molar-refractivity contribution is 0.0907. The van der Waals surface area contributed by atoms with E-state index in [9.17, 15) is 9.59 Å². The van der Waals surface area contributed by atoms with Crippen molar-refractivity contribution in [2.45, 2.75) is 33.6 Å². The van der Waals surface area contributed by atoms with Crippen molar-refractivity contribution in [3.05, 3.63) is 33.2 Å². The van der Waals surface area contributed by atoms with Crippen LogP contribution >= 0.6 is 0 Å². The predicted octanol–water partition coefficient (Wildman–Crippen LogP) is 1.85. The van der Waals surface area contributed by atoms with E-state index in [0.717, 1.165) is 23.2 Å². The van der Waals surface area contributed by atoms with Crippen LogP contribution in [0.1, 0.15) is 41.9 Å². The third-order valence-corrected chi connectivity index (χ3v) is 3.32. The number of aryl methyl sites for hydroxylation is 1. The molecule has 2 rings (SSSR count). The lowest BCUT2D eigenvalue weighted by Crippen LogP contribution is -2.34. The molecule has 16 heavy (non-hydrogen) atoms. The number of ketones is 1. The Morgan fingerprint density at radius 3 is 2.50 bits per heavy atom. The Morgan fingerprint density at radius 1 is 1.25 bits per heavy atom. The highest BCUT2D eigenvalue weighted by molar-refractivity contribution is 5.99. The van der Waals surface area contributed by atoms with Crippen molar-refractivity contribution in [2.75, 3.05) is 0 Å². The van der Waals surface area contributed by atoms with Crippen molar-refractivity contribution in [3.8, 4) is 0 Å². The molecule has 0 radical (unpaired) electrons. The number of carbonyl (C=O) groups is 1. The lowest BCUT2D eigenvalue weighted by atomic mass is 9.74. The number of rotatable bonds is 0. The van der Waals surface area contributed by atoms with Gasteiger partial charge in [-0.2, -0.15) is 0 Å². The van der Waals surface area contributed by atoms with Gasteiger partial charge in [-0.15, -0.1) is 0 Å². The average molecular weight is 219 g/mol. The fourth-order valence-corrected chi connectivity index (χ4v) is 2.51. The summed E-state index contributed by atoms with van der Waals surface area (Å²) < 4.78 is 1.61. The zero-order chi connectivity index (χ0) is 12.1. The van der Waals surface area contributed by atoms with Gasteiger partial charge in [0, 0.05) is 30.8 Å². The quantitative estimate of drug-likeness (QED) is 0.668. The lowest BCUT2D eigenvalue weighted by Gasteiger charge is -2.32. The summed E-state index contributed by atoms with van der Waals surface area (Å²) in [5, 5.41) is 0. The molecule has 0 saturated carbocycles. The first kappa shape index (κ1) is 11.1. The van der Waals surface area contributed by atoms with Crippen LogP contribution in [0.3, 0.4) is 0 Å². The van der Waals surface area contributed by atoms with Crippen molar-refractivity contribution in [2.24, 2.45) is 12.5 Å². The molecule has 0 spiro atoms. The number of carbonyl (C=O) groups excluding carboxylic acids is 1. The summed E-state index contributed by atoms with van der Waals surface area (Å²) in [5.41, 5.74) is 2.41. The Morgan fingerprint density at radius 2 is 1.88 bits per heavy atom. The minimum atomic E-state index is -0.0396. The molecule has 0 atom stereocenters. The van der Waals surface area contributed by atoms with E-state index in [1.54, 1.807) is 17.7 Å². The first-order valence-electron chi connectivity index (χ1n) is 5.54. The molecule has 3 nitrogen and oxygen atoms in total. The van der Waals surface area contributed by atoms with Crippen LogP contribution in [0.15, 0.2) is 10.9 Å². The van der Waals surface area contributed by atoms with E-state index in [1.165, 1.54) is 0 Å². The number of hydrogen-bond donors (Lipinski definition) is 0. The van der Waals surface area contributed by atoms with Gasteiger partial charge in [0.1, 0.15) is 0 Å². The van der Waals surface area contributed by atoms with Gasteiger partial charge in [0.25, 0.3) is 5.56 Å². The Kier molecular flexibility index (Phi) is 2.30. The van der Waals surface area contributed by atoms with Gasteiger partial charge in [0.15, 0.2) is 5.78 Å². The third-order valence-electron chi connectivity index (χ3n) is 3.32. The normalized spacial score (nSPS) is 18.4. The van der Waals surface area contributed by atoms with Crippen LogP contribution in [0.4, 0.5) is 0 Å². The second-order valence-electron chi connectivity index (χ2n) is 5.49. The molecule has 1 aliphatic rings. The molecule has 0 amide bonds. The van der Waals surface area contributed by atoms with Crippen LogP contribution in [0, 0.1) is 12.3 Å². The number of pyridine rings is 1. The van der Waals surface area contributed by atoms with E-state index >= 15 is 0 Å². The molecule has 0 N–H and O–H groups in total. The third kappa shape index (κ3) is 1.60. The summed E-state index contributed by atoms with van der Waals surface area (Å²) in [5.74, 6) is 0.166. The molecule has 1 aromatic rings. The van der Waals surface area contributed by atoms with Gasteiger partial charge in [0.2, 0.25) is 0 Å². The van der Waals surface area contributed by atoms with Crippen LogP contribution in [0.2, 0.25) is 0 Å². The van der Waals surface area contributed by atoms with Gasteiger partial charge in [-0.05, 0) is 24.3 Å². The Labute approximate surface area is 95.1 Å². The van der Waals surface area contributed by atoms with Crippen molar-refractivity contribution in [3.63, 3.8) is 0 Å². The topological polar surface area (TPSA) is 39.1 Å². The van der Waals surface area contributed by atoms with Crippen LogP contribution in [0.25, 0.3) is 0 Å². The van der Waals surface area contributed by atoms with Crippen LogP contribution in [-0.2, 0) is 13.5 Å². The van der Waals surface area contributed by atoms with E-state index in [0.29, 0.717) is 6.42 Å². The summed E-state index contributed by atoms with van der Waals surface area (Å²) >= 11 is 0. The summed E-state index contributed by atoms with van der Waals surface area (Å²) in [6, 6.07) is 1.55. The maximum Gasteiger partial charge on any atom is 0.250 e. The van der Waals surface area contributed by atoms with E-state index < -0.39 is 0 Å². The summed E-state index contributed by atoms with van der Waals surface area (Å²) in [6.45, 7) is 5.98. The van der Waals surface area contributed by atoms with E-state index in [4.69, 9.17) is 0 Å². The zero-order valence-electron chi connectivity index (χ0n) is 10.3. The second kappa shape index (κ2) is 3.30. The van der Waals surface area contributed by atoms with Crippen molar-refractivity contribution in [1.82, 2.24) is 4.57 Å². The molecule has 3 heteroatoms. The largest absolute Gasteiger partial charge is 0.315 e. The van der Waals surface area contributed by atoms with Gasteiger partial charge in [-0.25, -0.2) is 0 Å². The van der Waals surface area contributed by atoms with Gasteiger partial charge in [0.05, 0.1) is 0 Å². The van der Waals surface area contributed by atoms with Crippen molar-refractivity contribution >= 4 is 5.78 Å². The fourth-order valence-electron chi connectivity index (χ4n) is 2.51. The molecule has 0 bridgehead atoms. The minimum absolute atomic E-state index is 0.0262. The molecule has 0 fully saturated rings. The maximum atomic E-state index is 12.1. The van der Waals surface area contributed by atoms with Gasteiger partial charge in [-0.1, -0.05) is 13.8 Å². The second-order valence-corrected chi connectivity index (χ2v) is 5.49. The summed E-state index contributed by atoms with van der Waals surface area (Å²) in [6.07, 6.45) is 1.36. The van der Waals surface area contributed by atoms with Gasteiger partial charge >= 0.3 is 0 Å². The Balaban J connectivity index is 2.75. The highest BCUT2D eigenvalue weighted by Gasteiger charge is 2.33. The van der Waals surface area contributed by atoms with Gasteiger partial charge in [-0.3, -0.25) is 9.59 Å². The fraction of sp³-hybridized carbons (Fsp3) is 0.538. The van der Waals surface area contributed by atoms with Crippen LogP contribution < -0.4 is 5.56 Å². The molecule has 1 heterocycles. The standard InChI is InChI=1S/C13H17NO2/c1-8-5-11(16)14(4)9-6-13(2,3)7-10(15)12(8)9/h5H,6-7H2,1-4H3. The average Bonchev–Trinajstić information content (AvgIpc) is 2.11. The van der Waals surface area contributed by atoms with E-state index in [-0.39, 0.29) is 16.8 Å². The van der Waals surface area contributed by atoms with Crippen molar-refractivity contribution < 1.29 is 4.79 Å². The number of aromatic nitrogens is 1. The molecular formula is C13H17NO2. The maximum absolute atomic E-state index is 12.1. The summed E-state index contributed by atoms with van der Waals surface area (Å²) in [4.78, 5) is 23.8. The SMILES string of the molecule is Cc1cc(=O)n(C)c2c1C(=O)CC(C)(C)C2. The highest BCUT2D eigenvalue weighted by atomic mass is 16.1. The van der Waals surface area contributed by atoms with Crippen LogP contribution in [-0.4, -0.2) is 10.4 Å². The predicted molar refractivity (Wildman–Crippen MR) is 62.9 cm³/mol. The Hall–Kier alpha value is -1.38. The Bertz CT molecular complexity index is 523. The number of nitrogens with zero attached hydrogens (tertiary/aromatic N) is 1. The molecule has 0 unspecified atom stereocenters. The molecule has 0 aliphatic heterocycles. The number of hydrogen-bond acceptors (Lipinski definition) is 2. The number of Topliss-reactive ketones (excluding diaryl/α,β-unsaturated/α-hetero) is 1. The smallest absolute Gasteiger partial charge is 0.250 e. The highest BCUT2D eigenvalue weighted by Crippen LogP contribution is 2.34. The summed E-state index contributed by atoms with van der Waals surface area (Å²) in [7, 11) is 1.75. The van der Waals surface area contributed by atoms with E-state index in [2.05, 4.69) is 13.8 Å². The van der Waals surface area contributed by atoms with Gasteiger partial charge < -0.3 is 4.57 Å². The van der Waals surface area contributed by atoms with Crippen molar-refractivity contribution in [1.29, 1.82) is 0 Å². The minimum Gasteiger partial charge on any atom is -0.315 e.